The van der Waals surface area contributed by atoms with Gasteiger partial charge in [-0.05, 0) is 13.0 Å². The smallest absolute Gasteiger partial charge is 0.0594 e. The SMILES string of the molecule is C#CC(C)CCN1CCOCC1. The summed E-state index contributed by atoms with van der Waals surface area (Å²) in [6.45, 7) is 7.11. The molecule has 0 amide bonds. The lowest BCUT2D eigenvalue weighted by Crippen LogP contribution is -2.37. The lowest BCUT2D eigenvalue weighted by Gasteiger charge is -2.26. The highest BCUT2D eigenvalue weighted by atomic mass is 16.5. The topological polar surface area (TPSA) is 12.5 Å². The number of morpholine rings is 1. The van der Waals surface area contributed by atoms with Gasteiger partial charge in [0.1, 0.15) is 0 Å². The molecule has 0 N–H and O–H groups in total. The van der Waals surface area contributed by atoms with Gasteiger partial charge in [-0.2, -0.15) is 0 Å². The molecule has 0 bridgehead atoms. The van der Waals surface area contributed by atoms with Crippen LogP contribution >= 0.6 is 0 Å². The van der Waals surface area contributed by atoms with E-state index in [1.165, 1.54) is 0 Å². The van der Waals surface area contributed by atoms with Crippen molar-refractivity contribution < 1.29 is 4.74 Å². The predicted molar refractivity (Wildman–Crippen MR) is 49.9 cm³/mol. The van der Waals surface area contributed by atoms with Gasteiger partial charge in [-0.3, -0.25) is 4.90 Å². The van der Waals surface area contributed by atoms with Crippen LogP contribution in [0.2, 0.25) is 0 Å². The molecule has 1 rings (SSSR count). The Kier molecular flexibility index (Phi) is 4.13. The monoisotopic (exact) mass is 167 g/mol. The van der Waals surface area contributed by atoms with Crippen LogP contribution in [0.25, 0.3) is 0 Å². The van der Waals surface area contributed by atoms with E-state index in [1.807, 2.05) is 0 Å². The molecule has 0 aromatic heterocycles. The molecule has 0 aliphatic carbocycles. The number of terminal acetylenes is 1. The Labute approximate surface area is 74.9 Å². The zero-order chi connectivity index (χ0) is 8.81. The third-order valence-electron chi connectivity index (χ3n) is 2.27. The molecular weight excluding hydrogens is 150 g/mol. The summed E-state index contributed by atoms with van der Waals surface area (Å²) in [6.07, 6.45) is 6.40. The van der Waals surface area contributed by atoms with Gasteiger partial charge in [0, 0.05) is 19.0 Å². The zero-order valence-electron chi connectivity index (χ0n) is 7.75. The number of ether oxygens (including phenoxy) is 1. The van der Waals surface area contributed by atoms with E-state index in [-0.39, 0.29) is 0 Å². The first kappa shape index (κ1) is 9.57. The summed E-state index contributed by atoms with van der Waals surface area (Å²) in [7, 11) is 0. The molecule has 1 atom stereocenters. The van der Waals surface area contributed by atoms with E-state index in [0.717, 1.165) is 39.3 Å². The number of rotatable bonds is 3. The van der Waals surface area contributed by atoms with Gasteiger partial charge in [0.05, 0.1) is 13.2 Å². The van der Waals surface area contributed by atoms with E-state index in [0.29, 0.717) is 5.92 Å². The van der Waals surface area contributed by atoms with Crippen molar-refractivity contribution in [2.24, 2.45) is 5.92 Å². The maximum Gasteiger partial charge on any atom is 0.0594 e. The van der Waals surface area contributed by atoms with Gasteiger partial charge in [0.2, 0.25) is 0 Å². The van der Waals surface area contributed by atoms with Crippen molar-refractivity contribution in [3.05, 3.63) is 0 Å². The normalized spacial score (nSPS) is 21.7. The zero-order valence-corrected chi connectivity index (χ0v) is 7.75. The molecule has 68 valence electrons. The summed E-state index contributed by atoms with van der Waals surface area (Å²) >= 11 is 0. The van der Waals surface area contributed by atoms with Crippen molar-refractivity contribution in [1.29, 1.82) is 0 Å². The summed E-state index contributed by atoms with van der Waals surface area (Å²) in [5, 5.41) is 0. The van der Waals surface area contributed by atoms with Crippen LogP contribution in [0.5, 0.6) is 0 Å². The van der Waals surface area contributed by atoms with E-state index in [9.17, 15) is 0 Å². The minimum Gasteiger partial charge on any atom is -0.379 e. The Morgan fingerprint density at radius 3 is 2.75 bits per heavy atom. The van der Waals surface area contributed by atoms with Crippen LogP contribution in [0.4, 0.5) is 0 Å². The summed E-state index contributed by atoms with van der Waals surface area (Å²) in [6, 6.07) is 0. The van der Waals surface area contributed by atoms with Gasteiger partial charge < -0.3 is 4.74 Å². The van der Waals surface area contributed by atoms with Crippen molar-refractivity contribution in [1.82, 2.24) is 4.90 Å². The molecular formula is C10H17NO. The Morgan fingerprint density at radius 2 is 2.17 bits per heavy atom. The molecule has 1 fully saturated rings. The Hall–Kier alpha value is -0.520. The molecule has 0 spiro atoms. The van der Waals surface area contributed by atoms with E-state index in [2.05, 4.69) is 17.7 Å². The van der Waals surface area contributed by atoms with Crippen LogP contribution < -0.4 is 0 Å². The summed E-state index contributed by atoms with van der Waals surface area (Å²) in [5.74, 6) is 3.16. The molecule has 2 heteroatoms. The van der Waals surface area contributed by atoms with E-state index >= 15 is 0 Å². The third kappa shape index (κ3) is 3.25. The fourth-order valence-corrected chi connectivity index (χ4v) is 1.28. The molecule has 1 heterocycles. The lowest BCUT2D eigenvalue weighted by atomic mass is 10.1. The molecule has 12 heavy (non-hydrogen) atoms. The van der Waals surface area contributed by atoms with Crippen molar-refractivity contribution in [2.45, 2.75) is 13.3 Å². The minimum absolute atomic E-state index is 0.410. The van der Waals surface area contributed by atoms with Gasteiger partial charge in [-0.25, -0.2) is 0 Å². The van der Waals surface area contributed by atoms with Gasteiger partial charge >= 0.3 is 0 Å². The lowest BCUT2D eigenvalue weighted by molar-refractivity contribution is 0.0365. The van der Waals surface area contributed by atoms with E-state index in [4.69, 9.17) is 11.2 Å². The maximum atomic E-state index is 5.29. The molecule has 1 unspecified atom stereocenters. The summed E-state index contributed by atoms with van der Waals surface area (Å²) < 4.78 is 5.25. The summed E-state index contributed by atoms with van der Waals surface area (Å²) in [5.41, 5.74) is 0. The molecule has 0 radical (unpaired) electrons. The Bertz CT molecular complexity index is 156. The Morgan fingerprint density at radius 1 is 1.50 bits per heavy atom. The molecule has 0 aromatic rings. The number of hydrogen-bond acceptors (Lipinski definition) is 2. The largest absolute Gasteiger partial charge is 0.379 e. The highest BCUT2D eigenvalue weighted by Crippen LogP contribution is 2.03. The average Bonchev–Trinajstić information content (AvgIpc) is 2.16. The highest BCUT2D eigenvalue weighted by molar-refractivity contribution is 4.90. The van der Waals surface area contributed by atoms with Crippen LogP contribution in [0.15, 0.2) is 0 Å². The van der Waals surface area contributed by atoms with Gasteiger partial charge in [0.15, 0.2) is 0 Å². The second kappa shape index (κ2) is 5.18. The van der Waals surface area contributed by atoms with Crippen molar-refractivity contribution in [3.63, 3.8) is 0 Å². The second-order valence-electron chi connectivity index (χ2n) is 3.31. The number of hydrogen-bond donors (Lipinski definition) is 0. The van der Waals surface area contributed by atoms with Crippen LogP contribution in [0.1, 0.15) is 13.3 Å². The molecule has 1 aliphatic rings. The first-order chi connectivity index (χ1) is 5.83. The average molecular weight is 167 g/mol. The van der Waals surface area contributed by atoms with Crippen molar-refractivity contribution in [3.8, 4) is 12.3 Å². The quantitative estimate of drug-likeness (QED) is 0.581. The van der Waals surface area contributed by atoms with Crippen molar-refractivity contribution in [2.75, 3.05) is 32.8 Å². The van der Waals surface area contributed by atoms with Crippen molar-refractivity contribution >= 4 is 0 Å². The number of nitrogens with zero attached hydrogens (tertiary/aromatic N) is 1. The first-order valence-electron chi connectivity index (χ1n) is 4.59. The van der Waals surface area contributed by atoms with Crippen LogP contribution in [0.3, 0.4) is 0 Å². The van der Waals surface area contributed by atoms with Gasteiger partial charge in [-0.15, -0.1) is 12.3 Å². The fraction of sp³-hybridized carbons (Fsp3) is 0.800. The third-order valence-corrected chi connectivity index (χ3v) is 2.27. The van der Waals surface area contributed by atoms with Gasteiger partial charge in [0.25, 0.3) is 0 Å². The van der Waals surface area contributed by atoms with Crippen LogP contribution in [-0.2, 0) is 4.74 Å². The standard InChI is InChI=1S/C10H17NO/c1-3-10(2)4-5-11-6-8-12-9-7-11/h1,10H,4-9H2,2H3. The molecule has 0 saturated carbocycles. The van der Waals surface area contributed by atoms with E-state index < -0.39 is 0 Å². The van der Waals surface area contributed by atoms with Gasteiger partial charge in [-0.1, -0.05) is 6.92 Å². The summed E-state index contributed by atoms with van der Waals surface area (Å²) in [4.78, 5) is 2.41. The second-order valence-corrected chi connectivity index (χ2v) is 3.31. The Balaban J connectivity index is 2.10. The maximum absolute atomic E-state index is 5.29. The fourth-order valence-electron chi connectivity index (χ4n) is 1.28. The molecule has 1 saturated heterocycles. The first-order valence-corrected chi connectivity index (χ1v) is 4.59. The molecule has 2 nitrogen and oxygen atoms in total. The van der Waals surface area contributed by atoms with E-state index in [1.54, 1.807) is 0 Å². The minimum atomic E-state index is 0.410. The van der Waals surface area contributed by atoms with Crippen LogP contribution in [-0.4, -0.2) is 37.7 Å². The molecule has 0 aromatic carbocycles. The molecule has 1 aliphatic heterocycles. The predicted octanol–water partition coefficient (Wildman–Crippen LogP) is 0.978. The van der Waals surface area contributed by atoms with Crippen LogP contribution in [0, 0.1) is 18.3 Å². The highest BCUT2D eigenvalue weighted by Gasteiger charge is 2.10.